The van der Waals surface area contributed by atoms with Gasteiger partial charge in [-0.2, -0.15) is 0 Å². The van der Waals surface area contributed by atoms with Gasteiger partial charge in [-0.15, -0.1) is 0 Å². The van der Waals surface area contributed by atoms with Crippen molar-refractivity contribution in [3.05, 3.63) is 62.4 Å². The number of pyridine rings is 2. The third kappa shape index (κ3) is 2.67. The zero-order valence-corrected chi connectivity index (χ0v) is 17.5. The Balaban J connectivity index is 1.82. The summed E-state index contributed by atoms with van der Waals surface area (Å²) in [5.41, 5.74) is 6.99. The second kappa shape index (κ2) is 6.91. The normalized spacial score (nSPS) is 20.2. The van der Waals surface area contributed by atoms with Crippen LogP contribution < -0.4 is 11.3 Å². The van der Waals surface area contributed by atoms with E-state index in [4.69, 9.17) is 10.5 Å². The molecule has 0 aliphatic carbocycles. The van der Waals surface area contributed by atoms with Crippen LogP contribution in [0.3, 0.4) is 0 Å². The van der Waals surface area contributed by atoms with E-state index < -0.39 is 24.0 Å². The maximum atomic E-state index is 13.3. The van der Waals surface area contributed by atoms with Crippen molar-refractivity contribution in [2.75, 3.05) is 0 Å². The number of alkyl halides is 2. The van der Waals surface area contributed by atoms with E-state index in [9.17, 15) is 23.5 Å². The number of esters is 1. The Labute approximate surface area is 181 Å². The zero-order chi connectivity index (χ0) is 22.9. The molecule has 0 fully saturated rings. The van der Waals surface area contributed by atoms with Crippen molar-refractivity contribution in [2.24, 2.45) is 5.73 Å². The average molecular weight is 441 g/mol. The maximum absolute atomic E-state index is 13.3. The highest BCUT2D eigenvalue weighted by Crippen LogP contribution is 2.41. The molecule has 3 N–H and O–H groups in total. The molecule has 5 rings (SSSR count). The number of hydrogen-bond acceptors (Lipinski definition) is 6. The molecule has 2 atom stereocenters. The van der Waals surface area contributed by atoms with E-state index in [1.807, 2.05) is 0 Å². The van der Waals surface area contributed by atoms with Crippen LogP contribution in [0.4, 0.5) is 8.78 Å². The van der Waals surface area contributed by atoms with Gasteiger partial charge in [0.2, 0.25) is 0 Å². The van der Waals surface area contributed by atoms with Gasteiger partial charge in [0.1, 0.15) is 6.61 Å². The molecule has 1 aromatic carbocycles. The van der Waals surface area contributed by atoms with E-state index in [2.05, 4.69) is 4.98 Å². The van der Waals surface area contributed by atoms with Gasteiger partial charge in [0.25, 0.3) is 12.0 Å². The minimum absolute atomic E-state index is 0.0429. The van der Waals surface area contributed by atoms with Crippen molar-refractivity contribution in [1.29, 1.82) is 0 Å². The lowest BCUT2D eigenvalue weighted by atomic mass is 9.86. The van der Waals surface area contributed by atoms with Gasteiger partial charge in [-0.05, 0) is 37.1 Å². The molecule has 3 aromatic rings. The number of benzene rings is 1. The van der Waals surface area contributed by atoms with Crippen molar-refractivity contribution in [3.8, 4) is 11.4 Å². The molecule has 4 heterocycles. The van der Waals surface area contributed by atoms with Crippen LogP contribution in [0.5, 0.6) is 0 Å². The van der Waals surface area contributed by atoms with E-state index in [0.717, 1.165) is 0 Å². The van der Waals surface area contributed by atoms with Gasteiger partial charge in [0.15, 0.2) is 5.60 Å². The number of cyclic esters (lactones) is 1. The molecule has 0 amide bonds. The summed E-state index contributed by atoms with van der Waals surface area (Å²) < 4.78 is 33.2. The molecule has 7 nitrogen and oxygen atoms in total. The number of aliphatic hydroxyl groups is 1. The summed E-state index contributed by atoms with van der Waals surface area (Å²) in [6, 6.07) is 5.34. The fourth-order valence-corrected chi connectivity index (χ4v) is 4.78. The maximum Gasteiger partial charge on any atom is 0.343 e. The quantitative estimate of drug-likeness (QED) is 0.473. The summed E-state index contributed by atoms with van der Waals surface area (Å²) >= 11 is 0. The molecule has 0 saturated carbocycles. The fourth-order valence-electron chi connectivity index (χ4n) is 4.78. The first-order chi connectivity index (χ1) is 15.2. The first-order valence-electron chi connectivity index (χ1n) is 10.3. The fraction of sp³-hybridized carbons (Fsp3) is 0.348. The number of aromatic nitrogens is 2. The van der Waals surface area contributed by atoms with Crippen LogP contribution in [0.15, 0.2) is 29.1 Å². The van der Waals surface area contributed by atoms with E-state index >= 15 is 0 Å². The number of nitrogens with zero attached hydrogens (tertiary/aromatic N) is 2. The number of hydrogen-bond donors (Lipinski definition) is 2. The third-order valence-electron chi connectivity index (χ3n) is 6.46. The van der Waals surface area contributed by atoms with Crippen molar-refractivity contribution in [1.82, 2.24) is 9.55 Å². The topological polar surface area (TPSA) is 107 Å². The Hall–Kier alpha value is -3.17. The Morgan fingerprint density at radius 2 is 2.03 bits per heavy atom. The lowest BCUT2D eigenvalue weighted by molar-refractivity contribution is -0.172. The summed E-state index contributed by atoms with van der Waals surface area (Å²) in [7, 11) is 0. The Kier molecular flexibility index (Phi) is 4.48. The second-order valence-electron chi connectivity index (χ2n) is 8.32. The molecule has 0 radical (unpaired) electrons. The first-order valence-corrected chi connectivity index (χ1v) is 10.3. The van der Waals surface area contributed by atoms with Gasteiger partial charge < -0.3 is 20.1 Å². The van der Waals surface area contributed by atoms with Crippen molar-refractivity contribution in [2.45, 2.75) is 51.5 Å². The summed E-state index contributed by atoms with van der Waals surface area (Å²) in [4.78, 5) is 30.3. The number of halogens is 2. The van der Waals surface area contributed by atoms with Crippen molar-refractivity contribution < 1.29 is 23.4 Å². The van der Waals surface area contributed by atoms with Crippen LogP contribution in [0, 0.1) is 0 Å². The molecule has 0 unspecified atom stereocenters. The molecule has 2 aromatic heterocycles. The van der Waals surface area contributed by atoms with E-state index in [1.54, 1.807) is 19.9 Å². The number of fused-ring (bicyclic) bond motifs is 5. The van der Waals surface area contributed by atoms with Gasteiger partial charge in [0.05, 0.1) is 29.0 Å². The molecular weight excluding hydrogens is 420 g/mol. The lowest BCUT2D eigenvalue weighted by Gasteiger charge is -2.31. The Morgan fingerprint density at radius 3 is 2.69 bits per heavy atom. The number of nitrogens with two attached hydrogens (primary N) is 1. The third-order valence-corrected chi connectivity index (χ3v) is 6.46. The number of carbonyl (C=O) groups excluding carboxylic acids is 1. The van der Waals surface area contributed by atoms with Crippen LogP contribution in [0.2, 0.25) is 0 Å². The molecule has 0 saturated heterocycles. The van der Waals surface area contributed by atoms with Crippen molar-refractivity contribution >= 4 is 16.9 Å². The summed E-state index contributed by atoms with van der Waals surface area (Å²) in [5, 5.41) is 11.5. The first kappa shape index (κ1) is 20.7. The van der Waals surface area contributed by atoms with Gasteiger partial charge in [-0.3, -0.25) is 4.79 Å². The summed E-state index contributed by atoms with van der Waals surface area (Å²) in [5.74, 6) is -0.794. The molecule has 0 bridgehead atoms. The van der Waals surface area contributed by atoms with E-state index in [-0.39, 0.29) is 41.8 Å². The predicted octanol–water partition coefficient (Wildman–Crippen LogP) is 3.04. The van der Waals surface area contributed by atoms with Gasteiger partial charge in [-0.25, -0.2) is 18.6 Å². The molecule has 9 heteroatoms. The number of carbonyl (C=O) groups is 1. The number of ether oxygens (including phenoxy) is 1. The smallest absolute Gasteiger partial charge is 0.343 e. The van der Waals surface area contributed by atoms with Crippen LogP contribution in [-0.2, 0) is 28.3 Å². The largest absolute Gasteiger partial charge is 0.458 e. The van der Waals surface area contributed by atoms with E-state index in [0.29, 0.717) is 33.4 Å². The van der Waals surface area contributed by atoms with Crippen LogP contribution in [-0.4, -0.2) is 20.6 Å². The van der Waals surface area contributed by atoms with Crippen LogP contribution in [0.1, 0.15) is 60.6 Å². The molecule has 166 valence electrons. The number of rotatable bonds is 3. The molecule has 2 aliphatic heterocycles. The summed E-state index contributed by atoms with van der Waals surface area (Å²) in [6.07, 6.45) is -2.59. The average Bonchev–Trinajstić information content (AvgIpc) is 3.12. The standard InChI is InChI=1S/C23H21F2N3O4/c1-3-23(31)15-7-17-19-13(8-28(17)21(29)14(15)9-32-22(23)30)18(10(2)26)12-6-11(20(24)25)4-5-16(12)27-19/h4-7,10,20,31H,3,8-9,26H2,1-2H3/t10-,23+/m1/s1. The Bertz CT molecular complexity index is 1370. The second-order valence-corrected chi connectivity index (χ2v) is 8.32. The molecule has 2 aliphatic rings. The van der Waals surface area contributed by atoms with Gasteiger partial charge in [0, 0.05) is 28.1 Å². The molecule has 32 heavy (non-hydrogen) atoms. The van der Waals surface area contributed by atoms with E-state index in [1.165, 1.54) is 22.8 Å². The monoisotopic (exact) mass is 441 g/mol. The molecule has 0 spiro atoms. The van der Waals surface area contributed by atoms with Gasteiger partial charge >= 0.3 is 5.97 Å². The van der Waals surface area contributed by atoms with Crippen LogP contribution in [0.25, 0.3) is 22.3 Å². The van der Waals surface area contributed by atoms with Crippen molar-refractivity contribution in [3.63, 3.8) is 0 Å². The minimum Gasteiger partial charge on any atom is -0.458 e. The predicted molar refractivity (Wildman–Crippen MR) is 112 cm³/mol. The highest BCUT2D eigenvalue weighted by Gasteiger charge is 2.45. The van der Waals surface area contributed by atoms with Gasteiger partial charge in [-0.1, -0.05) is 13.0 Å². The lowest BCUT2D eigenvalue weighted by Crippen LogP contribution is -2.44. The molecular formula is C23H21F2N3O4. The van der Waals surface area contributed by atoms with Crippen LogP contribution >= 0.6 is 0 Å². The zero-order valence-electron chi connectivity index (χ0n) is 17.5. The SMILES string of the molecule is CC[C@@]1(O)C(=O)OCc2c1cc1n(c2=O)Cc2c-1nc1ccc(C(F)F)cc1c2[C@@H](C)N. The minimum atomic E-state index is -2.63. The highest BCUT2D eigenvalue weighted by molar-refractivity contribution is 5.90. The Morgan fingerprint density at radius 1 is 1.28 bits per heavy atom. The summed E-state index contributed by atoms with van der Waals surface area (Å²) in [6.45, 7) is 3.33. The highest BCUT2D eigenvalue weighted by atomic mass is 19.3.